The van der Waals surface area contributed by atoms with Crippen LogP contribution in [0.3, 0.4) is 0 Å². The number of hydrogen-bond donors (Lipinski definition) is 2. The van der Waals surface area contributed by atoms with Crippen LogP contribution in [-0.2, 0) is 10.0 Å². The lowest BCUT2D eigenvalue weighted by atomic mass is 10.1. The smallest absolute Gasteiger partial charge is 0.242 e. The Hall–Kier alpha value is -1.31. The number of benzene rings is 1. The average molecular weight is 299 g/mol. The Morgan fingerprint density at radius 1 is 1.40 bits per heavy atom. The van der Waals surface area contributed by atoms with E-state index >= 15 is 0 Å². The van der Waals surface area contributed by atoms with Crippen LogP contribution in [0, 0.1) is 0 Å². The summed E-state index contributed by atoms with van der Waals surface area (Å²) in [5.41, 5.74) is 7.19. The van der Waals surface area contributed by atoms with E-state index in [0.29, 0.717) is 12.2 Å². The Kier molecular flexibility index (Phi) is 4.22. The molecule has 3 N–H and O–H groups in total. The van der Waals surface area contributed by atoms with Crippen molar-refractivity contribution in [2.45, 2.75) is 23.8 Å². The third-order valence-corrected chi connectivity index (χ3v) is 5.33. The minimum Gasteiger partial charge on any atom is -0.397 e. The highest BCUT2D eigenvalue weighted by atomic mass is 32.2. The van der Waals surface area contributed by atoms with E-state index in [4.69, 9.17) is 5.73 Å². The first-order valence-corrected chi connectivity index (χ1v) is 8.01. The number of hydrogen-bond acceptors (Lipinski definition) is 5. The van der Waals surface area contributed by atoms with E-state index in [1.54, 1.807) is 12.1 Å². The molecule has 7 heteroatoms. The monoisotopic (exact) mass is 299 g/mol. The number of nitrogen functional groups attached to an aromatic ring is 1. The molecule has 1 aromatic rings. The molecule has 1 atom stereocenters. The van der Waals surface area contributed by atoms with Gasteiger partial charge in [-0.1, -0.05) is 0 Å². The zero-order valence-electron chi connectivity index (χ0n) is 11.8. The minimum absolute atomic E-state index is 0.182. The predicted octanol–water partition coefficient (Wildman–Crippen LogP) is 0.480. The molecule has 0 aromatic heterocycles. The van der Waals surface area contributed by atoms with Gasteiger partial charge in [-0.25, -0.2) is 12.7 Å². The lowest BCUT2D eigenvalue weighted by molar-refractivity contribution is 0.154. The SMILES string of the molecule is CN(C)S(=O)(=O)c1ccc(N2CCCC(O)C2)c(N)c1. The maximum atomic E-state index is 12.0. The van der Waals surface area contributed by atoms with Crippen LogP contribution in [0.4, 0.5) is 11.4 Å². The molecule has 0 radical (unpaired) electrons. The van der Waals surface area contributed by atoms with Crippen molar-refractivity contribution in [3.05, 3.63) is 18.2 Å². The molecule has 1 heterocycles. The van der Waals surface area contributed by atoms with E-state index in [1.165, 1.54) is 20.2 Å². The van der Waals surface area contributed by atoms with Crippen LogP contribution < -0.4 is 10.6 Å². The highest BCUT2D eigenvalue weighted by Gasteiger charge is 2.22. The topological polar surface area (TPSA) is 86.9 Å². The van der Waals surface area contributed by atoms with Gasteiger partial charge in [0.2, 0.25) is 10.0 Å². The van der Waals surface area contributed by atoms with Crippen molar-refractivity contribution in [1.29, 1.82) is 0 Å². The van der Waals surface area contributed by atoms with Crippen molar-refractivity contribution in [1.82, 2.24) is 4.31 Å². The van der Waals surface area contributed by atoms with Gasteiger partial charge in [0.15, 0.2) is 0 Å². The van der Waals surface area contributed by atoms with Gasteiger partial charge in [-0.05, 0) is 31.0 Å². The number of anilines is 2. The molecular formula is C13H21N3O3S. The predicted molar refractivity (Wildman–Crippen MR) is 79.2 cm³/mol. The molecule has 1 saturated heterocycles. The van der Waals surface area contributed by atoms with Crippen LogP contribution in [-0.4, -0.2) is 51.1 Å². The van der Waals surface area contributed by atoms with E-state index < -0.39 is 10.0 Å². The minimum atomic E-state index is -3.47. The molecule has 1 aliphatic heterocycles. The number of β-amino-alcohol motifs (C(OH)–C–C–N with tert-alkyl or cyclic N) is 1. The number of piperidine rings is 1. The van der Waals surface area contributed by atoms with Gasteiger partial charge in [0.05, 0.1) is 22.4 Å². The summed E-state index contributed by atoms with van der Waals surface area (Å²) < 4.78 is 25.2. The first kappa shape index (κ1) is 15.1. The van der Waals surface area contributed by atoms with Gasteiger partial charge in [0.1, 0.15) is 0 Å². The molecule has 0 saturated carbocycles. The van der Waals surface area contributed by atoms with Gasteiger partial charge >= 0.3 is 0 Å². The maximum Gasteiger partial charge on any atom is 0.242 e. The van der Waals surface area contributed by atoms with Gasteiger partial charge in [-0.2, -0.15) is 0 Å². The number of rotatable bonds is 3. The molecule has 1 unspecified atom stereocenters. The molecule has 2 rings (SSSR count). The van der Waals surface area contributed by atoms with Crippen LogP contribution in [0.25, 0.3) is 0 Å². The summed E-state index contributed by atoms with van der Waals surface area (Å²) in [4.78, 5) is 2.18. The molecule has 112 valence electrons. The van der Waals surface area contributed by atoms with Crippen molar-refractivity contribution in [2.24, 2.45) is 0 Å². The Morgan fingerprint density at radius 3 is 2.65 bits per heavy atom. The van der Waals surface area contributed by atoms with Gasteiger partial charge in [0.25, 0.3) is 0 Å². The molecule has 6 nitrogen and oxygen atoms in total. The van der Waals surface area contributed by atoms with E-state index in [2.05, 4.69) is 0 Å². The summed E-state index contributed by atoms with van der Waals surface area (Å²) in [6.45, 7) is 1.35. The van der Waals surface area contributed by atoms with E-state index in [0.717, 1.165) is 29.4 Å². The van der Waals surface area contributed by atoms with Crippen molar-refractivity contribution in [3.8, 4) is 0 Å². The van der Waals surface area contributed by atoms with Crippen molar-refractivity contribution < 1.29 is 13.5 Å². The summed E-state index contributed by atoms with van der Waals surface area (Å²) >= 11 is 0. The summed E-state index contributed by atoms with van der Waals surface area (Å²) in [6.07, 6.45) is 1.34. The van der Waals surface area contributed by atoms with Crippen molar-refractivity contribution in [3.63, 3.8) is 0 Å². The first-order chi connectivity index (χ1) is 9.32. The second-order valence-corrected chi connectivity index (χ2v) is 7.40. The van der Waals surface area contributed by atoms with Crippen LogP contribution >= 0.6 is 0 Å². The second kappa shape index (κ2) is 5.59. The highest BCUT2D eigenvalue weighted by Crippen LogP contribution is 2.29. The maximum absolute atomic E-state index is 12.0. The molecule has 1 fully saturated rings. The standard InChI is InChI=1S/C13H21N3O3S/c1-15(2)20(18,19)11-5-6-13(12(14)8-11)16-7-3-4-10(17)9-16/h5-6,8,10,17H,3-4,7,9,14H2,1-2H3. The third-order valence-electron chi connectivity index (χ3n) is 3.51. The summed E-state index contributed by atoms with van der Waals surface area (Å²) in [5, 5.41) is 9.70. The zero-order valence-corrected chi connectivity index (χ0v) is 12.6. The van der Waals surface area contributed by atoms with E-state index in [-0.39, 0.29) is 11.0 Å². The molecule has 0 aliphatic carbocycles. The Labute approximate surface area is 119 Å². The molecule has 0 amide bonds. The number of sulfonamides is 1. The van der Waals surface area contributed by atoms with Crippen LogP contribution in [0.5, 0.6) is 0 Å². The molecule has 20 heavy (non-hydrogen) atoms. The summed E-state index contributed by atoms with van der Waals surface area (Å²) in [7, 11) is -0.499. The van der Waals surface area contributed by atoms with Gasteiger partial charge in [-0.3, -0.25) is 0 Å². The van der Waals surface area contributed by atoms with Crippen molar-refractivity contribution in [2.75, 3.05) is 37.8 Å². The van der Waals surface area contributed by atoms with Gasteiger partial charge < -0.3 is 15.7 Å². The molecule has 1 aliphatic rings. The zero-order chi connectivity index (χ0) is 14.9. The Balaban J connectivity index is 2.31. The van der Waals surface area contributed by atoms with Crippen LogP contribution in [0.1, 0.15) is 12.8 Å². The fourth-order valence-corrected chi connectivity index (χ4v) is 3.30. The quantitative estimate of drug-likeness (QED) is 0.793. The lowest BCUT2D eigenvalue weighted by Crippen LogP contribution is -2.38. The Bertz CT molecular complexity index is 587. The van der Waals surface area contributed by atoms with Gasteiger partial charge in [-0.15, -0.1) is 0 Å². The number of nitrogens with two attached hydrogens (primary N) is 1. The fourth-order valence-electron chi connectivity index (χ4n) is 2.37. The normalized spacial score (nSPS) is 20.4. The fraction of sp³-hybridized carbons (Fsp3) is 0.538. The molecular weight excluding hydrogens is 278 g/mol. The lowest BCUT2D eigenvalue weighted by Gasteiger charge is -2.32. The molecule has 0 bridgehead atoms. The largest absolute Gasteiger partial charge is 0.397 e. The number of aliphatic hydroxyl groups excluding tert-OH is 1. The van der Waals surface area contributed by atoms with Gasteiger partial charge in [0, 0.05) is 27.2 Å². The van der Waals surface area contributed by atoms with Crippen LogP contribution in [0.2, 0.25) is 0 Å². The first-order valence-electron chi connectivity index (χ1n) is 6.57. The molecule has 1 aromatic carbocycles. The summed E-state index contributed by atoms with van der Waals surface area (Å²) in [5.74, 6) is 0. The summed E-state index contributed by atoms with van der Waals surface area (Å²) in [6, 6.07) is 4.75. The van der Waals surface area contributed by atoms with E-state index in [1.807, 2.05) is 4.90 Å². The number of nitrogens with zero attached hydrogens (tertiary/aromatic N) is 2. The Morgan fingerprint density at radius 2 is 2.10 bits per heavy atom. The third kappa shape index (κ3) is 2.89. The van der Waals surface area contributed by atoms with E-state index in [9.17, 15) is 13.5 Å². The highest BCUT2D eigenvalue weighted by molar-refractivity contribution is 7.89. The van der Waals surface area contributed by atoms with Crippen LogP contribution in [0.15, 0.2) is 23.1 Å². The number of aliphatic hydroxyl groups is 1. The average Bonchev–Trinajstić information content (AvgIpc) is 2.38. The second-order valence-electron chi connectivity index (χ2n) is 5.25. The van der Waals surface area contributed by atoms with Crippen molar-refractivity contribution >= 4 is 21.4 Å². The molecule has 0 spiro atoms.